The monoisotopic (exact) mass is 309 g/mol. The Labute approximate surface area is 131 Å². The number of hydrogen-bond acceptors (Lipinski definition) is 4. The lowest BCUT2D eigenvalue weighted by atomic mass is 9.95. The Morgan fingerprint density at radius 1 is 1.50 bits per heavy atom. The SMILES string of the molecule is CCc1nc2n(n1)CCCC2NC(=O)NC(C)(CC)CCO. The van der Waals surface area contributed by atoms with Crippen LogP contribution in [0.25, 0.3) is 0 Å². The summed E-state index contributed by atoms with van der Waals surface area (Å²) in [6, 6.07) is -0.311. The first kappa shape index (κ1) is 16.7. The number of aryl methyl sites for hydroxylation is 2. The number of hydrogen-bond donors (Lipinski definition) is 3. The highest BCUT2D eigenvalue weighted by molar-refractivity contribution is 5.75. The number of carbonyl (C=O) groups is 1. The van der Waals surface area contributed by atoms with E-state index < -0.39 is 5.54 Å². The zero-order chi connectivity index (χ0) is 16.2. The Kier molecular flexibility index (Phi) is 5.39. The van der Waals surface area contributed by atoms with E-state index in [2.05, 4.69) is 20.7 Å². The summed E-state index contributed by atoms with van der Waals surface area (Å²) in [7, 11) is 0. The molecule has 124 valence electrons. The van der Waals surface area contributed by atoms with Gasteiger partial charge in [0, 0.05) is 25.1 Å². The summed E-state index contributed by atoms with van der Waals surface area (Å²) < 4.78 is 1.90. The summed E-state index contributed by atoms with van der Waals surface area (Å²) in [5.74, 6) is 1.67. The molecular formula is C15H27N5O2. The van der Waals surface area contributed by atoms with Gasteiger partial charge in [0.1, 0.15) is 5.82 Å². The third-order valence-corrected chi connectivity index (χ3v) is 4.40. The standard InChI is InChI=1S/C15H27N5O2/c1-4-12-17-13-11(7-6-9-20(13)19-12)16-14(22)18-15(3,5-2)8-10-21/h11,21H,4-10H2,1-3H3,(H2,16,18,22). The van der Waals surface area contributed by atoms with Gasteiger partial charge in [-0.05, 0) is 32.6 Å². The number of aliphatic hydroxyl groups excluding tert-OH is 1. The van der Waals surface area contributed by atoms with Crippen molar-refractivity contribution in [1.82, 2.24) is 25.4 Å². The molecule has 1 aliphatic heterocycles. The molecule has 22 heavy (non-hydrogen) atoms. The minimum absolute atomic E-state index is 0.0578. The summed E-state index contributed by atoms with van der Waals surface area (Å²) >= 11 is 0. The summed E-state index contributed by atoms with van der Waals surface area (Å²) in [4.78, 5) is 16.8. The molecule has 2 heterocycles. The van der Waals surface area contributed by atoms with Gasteiger partial charge < -0.3 is 15.7 Å². The molecule has 0 aliphatic carbocycles. The minimum atomic E-state index is -0.393. The van der Waals surface area contributed by atoms with Crippen LogP contribution in [0.3, 0.4) is 0 Å². The van der Waals surface area contributed by atoms with Crippen molar-refractivity contribution in [3.63, 3.8) is 0 Å². The number of nitrogens with zero attached hydrogens (tertiary/aromatic N) is 3. The van der Waals surface area contributed by atoms with E-state index in [-0.39, 0.29) is 18.7 Å². The van der Waals surface area contributed by atoms with Crippen LogP contribution < -0.4 is 10.6 Å². The van der Waals surface area contributed by atoms with Crippen molar-refractivity contribution in [1.29, 1.82) is 0 Å². The molecule has 0 bridgehead atoms. The summed E-state index contributed by atoms with van der Waals surface area (Å²) in [5, 5.41) is 19.6. The van der Waals surface area contributed by atoms with E-state index in [1.165, 1.54) is 0 Å². The van der Waals surface area contributed by atoms with E-state index in [4.69, 9.17) is 5.11 Å². The largest absolute Gasteiger partial charge is 0.396 e. The Balaban J connectivity index is 2.02. The molecule has 0 spiro atoms. The molecule has 0 fully saturated rings. The third-order valence-electron chi connectivity index (χ3n) is 4.40. The van der Waals surface area contributed by atoms with Crippen molar-refractivity contribution in [2.45, 2.75) is 71.0 Å². The van der Waals surface area contributed by atoms with Crippen LogP contribution >= 0.6 is 0 Å². The van der Waals surface area contributed by atoms with E-state index in [9.17, 15) is 4.79 Å². The number of amides is 2. The first-order chi connectivity index (χ1) is 10.5. The Hall–Kier alpha value is -1.63. The van der Waals surface area contributed by atoms with E-state index in [0.29, 0.717) is 6.42 Å². The van der Waals surface area contributed by atoms with Gasteiger partial charge in [-0.3, -0.25) is 0 Å². The maximum Gasteiger partial charge on any atom is 0.315 e. The second-order valence-electron chi connectivity index (χ2n) is 6.14. The van der Waals surface area contributed by atoms with E-state index >= 15 is 0 Å². The normalized spacial score (nSPS) is 20.1. The molecule has 0 saturated carbocycles. The Bertz CT molecular complexity index is 516. The van der Waals surface area contributed by atoms with Gasteiger partial charge in [0.15, 0.2) is 5.82 Å². The van der Waals surface area contributed by atoms with E-state index in [0.717, 1.165) is 43.9 Å². The van der Waals surface area contributed by atoms with Crippen molar-refractivity contribution in [3.05, 3.63) is 11.6 Å². The molecule has 1 aliphatic rings. The average molecular weight is 309 g/mol. The predicted molar refractivity (Wildman–Crippen MR) is 83.4 cm³/mol. The molecule has 2 atom stereocenters. The lowest BCUT2D eigenvalue weighted by molar-refractivity contribution is 0.196. The van der Waals surface area contributed by atoms with Gasteiger partial charge in [0.25, 0.3) is 0 Å². The Morgan fingerprint density at radius 2 is 2.27 bits per heavy atom. The zero-order valence-corrected chi connectivity index (χ0v) is 13.7. The van der Waals surface area contributed by atoms with Crippen molar-refractivity contribution in [2.75, 3.05) is 6.61 Å². The molecule has 0 aromatic carbocycles. The lowest BCUT2D eigenvalue weighted by Crippen LogP contribution is -2.51. The van der Waals surface area contributed by atoms with Crippen LogP contribution in [-0.4, -0.2) is 38.0 Å². The highest BCUT2D eigenvalue weighted by Gasteiger charge is 2.28. The second kappa shape index (κ2) is 7.09. The van der Waals surface area contributed by atoms with Crippen LogP contribution in [0.2, 0.25) is 0 Å². The van der Waals surface area contributed by atoms with Crippen LogP contribution in [-0.2, 0) is 13.0 Å². The van der Waals surface area contributed by atoms with Gasteiger partial charge in [0.2, 0.25) is 0 Å². The number of carbonyl (C=O) groups excluding carboxylic acids is 1. The molecule has 0 radical (unpaired) electrons. The topological polar surface area (TPSA) is 92.1 Å². The second-order valence-corrected chi connectivity index (χ2v) is 6.14. The maximum atomic E-state index is 12.3. The number of urea groups is 1. The highest BCUT2D eigenvalue weighted by atomic mass is 16.3. The quantitative estimate of drug-likeness (QED) is 0.743. The van der Waals surface area contributed by atoms with Crippen LogP contribution in [0.4, 0.5) is 4.79 Å². The Morgan fingerprint density at radius 3 is 2.91 bits per heavy atom. The maximum absolute atomic E-state index is 12.3. The minimum Gasteiger partial charge on any atom is -0.396 e. The fraction of sp³-hybridized carbons (Fsp3) is 0.800. The van der Waals surface area contributed by atoms with Gasteiger partial charge in [-0.15, -0.1) is 0 Å². The number of aliphatic hydroxyl groups is 1. The van der Waals surface area contributed by atoms with Gasteiger partial charge in [0.05, 0.1) is 6.04 Å². The highest BCUT2D eigenvalue weighted by Crippen LogP contribution is 2.23. The van der Waals surface area contributed by atoms with Crippen molar-refractivity contribution >= 4 is 6.03 Å². The van der Waals surface area contributed by atoms with Gasteiger partial charge in [-0.2, -0.15) is 5.10 Å². The van der Waals surface area contributed by atoms with E-state index in [1.807, 2.05) is 25.5 Å². The molecule has 3 N–H and O–H groups in total. The lowest BCUT2D eigenvalue weighted by Gasteiger charge is -2.31. The predicted octanol–water partition coefficient (Wildman–Crippen LogP) is 1.53. The molecule has 0 saturated heterocycles. The molecular weight excluding hydrogens is 282 g/mol. The number of rotatable bonds is 6. The third kappa shape index (κ3) is 3.76. The number of aromatic nitrogens is 3. The molecule has 7 heteroatoms. The molecule has 2 amide bonds. The van der Waals surface area contributed by atoms with Crippen LogP contribution in [0, 0.1) is 0 Å². The average Bonchev–Trinajstić information content (AvgIpc) is 2.91. The molecule has 2 unspecified atom stereocenters. The summed E-state index contributed by atoms with van der Waals surface area (Å²) in [6.07, 6.45) is 3.95. The van der Waals surface area contributed by atoms with Crippen molar-refractivity contribution < 1.29 is 9.90 Å². The number of nitrogens with one attached hydrogen (secondary N) is 2. The van der Waals surface area contributed by atoms with Gasteiger partial charge >= 0.3 is 6.03 Å². The molecule has 7 nitrogen and oxygen atoms in total. The first-order valence-electron chi connectivity index (χ1n) is 8.14. The van der Waals surface area contributed by atoms with Gasteiger partial charge in [-0.25, -0.2) is 14.5 Å². The van der Waals surface area contributed by atoms with Gasteiger partial charge in [-0.1, -0.05) is 13.8 Å². The van der Waals surface area contributed by atoms with Crippen LogP contribution in [0.5, 0.6) is 0 Å². The van der Waals surface area contributed by atoms with Crippen LogP contribution in [0.1, 0.15) is 64.1 Å². The summed E-state index contributed by atoms with van der Waals surface area (Å²) in [6.45, 7) is 6.89. The fourth-order valence-electron chi connectivity index (χ4n) is 2.73. The summed E-state index contributed by atoms with van der Waals surface area (Å²) in [5.41, 5.74) is -0.393. The van der Waals surface area contributed by atoms with E-state index in [1.54, 1.807) is 0 Å². The van der Waals surface area contributed by atoms with Crippen molar-refractivity contribution in [2.24, 2.45) is 0 Å². The van der Waals surface area contributed by atoms with Crippen molar-refractivity contribution in [3.8, 4) is 0 Å². The first-order valence-corrected chi connectivity index (χ1v) is 8.14. The molecule has 1 aromatic rings. The molecule has 2 rings (SSSR count). The molecule has 1 aromatic heterocycles. The number of fused-ring (bicyclic) bond motifs is 1. The zero-order valence-electron chi connectivity index (χ0n) is 13.7. The smallest absolute Gasteiger partial charge is 0.315 e. The fourth-order valence-corrected chi connectivity index (χ4v) is 2.73. The van der Waals surface area contributed by atoms with Crippen LogP contribution in [0.15, 0.2) is 0 Å².